The molecule has 0 amide bonds. The van der Waals surface area contributed by atoms with Gasteiger partial charge in [-0.25, -0.2) is 0 Å². The van der Waals surface area contributed by atoms with Gasteiger partial charge in [0.2, 0.25) is 0 Å². The van der Waals surface area contributed by atoms with Crippen LogP contribution in [0.1, 0.15) is 11.1 Å². The van der Waals surface area contributed by atoms with Crippen molar-refractivity contribution in [2.24, 2.45) is 0 Å². The number of rotatable bonds is 3. The standard InChI is InChI=1S/C12H15F3N2O2/c1-8-4-9(12(13,14)15)5-17(11(8)19)3-2-16-6-10(18)7-16/h4-5,10,18H,2-3,6-7H2,1H3. The number of pyridine rings is 1. The van der Waals surface area contributed by atoms with Crippen molar-refractivity contribution >= 4 is 0 Å². The second-order valence-corrected chi connectivity index (χ2v) is 4.82. The van der Waals surface area contributed by atoms with Crippen molar-refractivity contribution in [2.75, 3.05) is 19.6 Å². The van der Waals surface area contributed by atoms with E-state index in [0.717, 1.165) is 16.8 Å². The Hall–Kier alpha value is -1.34. The highest BCUT2D eigenvalue weighted by Gasteiger charge is 2.32. The van der Waals surface area contributed by atoms with E-state index in [4.69, 9.17) is 5.11 Å². The molecule has 1 N–H and O–H groups in total. The molecule has 0 aromatic carbocycles. The molecule has 1 aliphatic heterocycles. The highest BCUT2D eigenvalue weighted by atomic mass is 19.4. The van der Waals surface area contributed by atoms with Crippen LogP contribution in [0.4, 0.5) is 13.2 Å². The molecule has 0 aliphatic carbocycles. The van der Waals surface area contributed by atoms with E-state index >= 15 is 0 Å². The first-order valence-corrected chi connectivity index (χ1v) is 5.96. The van der Waals surface area contributed by atoms with Crippen LogP contribution in [0.2, 0.25) is 0 Å². The van der Waals surface area contributed by atoms with E-state index in [0.29, 0.717) is 19.6 Å². The van der Waals surface area contributed by atoms with Crippen molar-refractivity contribution in [3.05, 3.63) is 33.7 Å². The maximum Gasteiger partial charge on any atom is 0.417 e. The number of nitrogens with zero attached hydrogens (tertiary/aromatic N) is 2. The predicted molar refractivity (Wildman–Crippen MR) is 62.9 cm³/mol. The molecule has 2 rings (SSSR count). The van der Waals surface area contributed by atoms with Gasteiger partial charge in [-0.3, -0.25) is 9.69 Å². The Morgan fingerprint density at radius 2 is 2.00 bits per heavy atom. The zero-order chi connectivity index (χ0) is 14.2. The van der Waals surface area contributed by atoms with Crippen molar-refractivity contribution in [2.45, 2.75) is 25.7 Å². The quantitative estimate of drug-likeness (QED) is 0.890. The normalized spacial score (nSPS) is 17.5. The van der Waals surface area contributed by atoms with Gasteiger partial charge in [0.25, 0.3) is 5.56 Å². The smallest absolute Gasteiger partial charge is 0.390 e. The third-order valence-electron chi connectivity index (χ3n) is 3.19. The Morgan fingerprint density at radius 3 is 2.53 bits per heavy atom. The first-order chi connectivity index (χ1) is 8.77. The van der Waals surface area contributed by atoms with Crippen LogP contribution < -0.4 is 5.56 Å². The fourth-order valence-electron chi connectivity index (χ4n) is 2.08. The summed E-state index contributed by atoms with van der Waals surface area (Å²) in [4.78, 5) is 13.6. The second kappa shape index (κ2) is 4.97. The molecule has 1 aromatic rings. The van der Waals surface area contributed by atoms with Gasteiger partial charge in [0.15, 0.2) is 0 Å². The summed E-state index contributed by atoms with van der Waals surface area (Å²) in [6.45, 7) is 3.04. The average molecular weight is 276 g/mol. The molecule has 0 spiro atoms. The van der Waals surface area contributed by atoms with E-state index in [1.165, 1.54) is 6.92 Å². The molecule has 0 atom stereocenters. The number of hydrogen-bond acceptors (Lipinski definition) is 3. The van der Waals surface area contributed by atoms with Crippen LogP contribution in [0.3, 0.4) is 0 Å². The molecule has 1 saturated heterocycles. The van der Waals surface area contributed by atoms with Gasteiger partial charge < -0.3 is 9.67 Å². The van der Waals surface area contributed by atoms with Gasteiger partial charge in [-0.1, -0.05) is 0 Å². The third kappa shape index (κ3) is 3.16. The minimum absolute atomic E-state index is 0.0819. The molecule has 0 bridgehead atoms. The monoisotopic (exact) mass is 276 g/mol. The Kier molecular flexibility index (Phi) is 3.69. The van der Waals surface area contributed by atoms with Crippen LogP contribution in [0.25, 0.3) is 0 Å². The highest BCUT2D eigenvalue weighted by Crippen LogP contribution is 2.28. The number of likely N-dealkylation sites (tertiary alicyclic amines) is 1. The Bertz CT molecular complexity index is 519. The topological polar surface area (TPSA) is 45.5 Å². The molecule has 2 heterocycles. The fraction of sp³-hybridized carbons (Fsp3) is 0.583. The average Bonchev–Trinajstić information content (AvgIpc) is 2.26. The molecular weight excluding hydrogens is 261 g/mol. The first-order valence-electron chi connectivity index (χ1n) is 5.96. The summed E-state index contributed by atoms with van der Waals surface area (Å²) < 4.78 is 39.0. The highest BCUT2D eigenvalue weighted by molar-refractivity contribution is 5.20. The summed E-state index contributed by atoms with van der Waals surface area (Å²) in [6, 6.07) is 0.867. The number of alkyl halides is 3. The molecule has 4 nitrogen and oxygen atoms in total. The van der Waals surface area contributed by atoms with Crippen LogP contribution in [0.15, 0.2) is 17.1 Å². The molecule has 1 aliphatic rings. The van der Waals surface area contributed by atoms with Crippen LogP contribution in [-0.4, -0.2) is 40.3 Å². The maximum absolute atomic E-state index is 12.6. The number of aryl methyl sites for hydroxylation is 1. The van der Waals surface area contributed by atoms with Crippen molar-refractivity contribution < 1.29 is 18.3 Å². The van der Waals surface area contributed by atoms with Gasteiger partial charge in [0, 0.05) is 37.9 Å². The van der Waals surface area contributed by atoms with E-state index in [1.54, 1.807) is 0 Å². The lowest BCUT2D eigenvalue weighted by molar-refractivity contribution is -0.138. The van der Waals surface area contributed by atoms with Crippen LogP contribution in [-0.2, 0) is 12.7 Å². The van der Waals surface area contributed by atoms with Crippen molar-refractivity contribution in [3.63, 3.8) is 0 Å². The van der Waals surface area contributed by atoms with Crippen LogP contribution in [0.5, 0.6) is 0 Å². The number of aliphatic hydroxyl groups is 1. The lowest BCUT2D eigenvalue weighted by Crippen LogP contribution is -2.51. The number of aliphatic hydroxyl groups excluding tert-OH is 1. The summed E-state index contributed by atoms with van der Waals surface area (Å²) >= 11 is 0. The van der Waals surface area contributed by atoms with Gasteiger partial charge in [0.05, 0.1) is 11.7 Å². The van der Waals surface area contributed by atoms with Crippen molar-refractivity contribution in [1.82, 2.24) is 9.47 Å². The minimum Gasteiger partial charge on any atom is -0.390 e. The summed E-state index contributed by atoms with van der Waals surface area (Å²) in [5, 5.41) is 9.11. The SMILES string of the molecule is Cc1cc(C(F)(F)F)cn(CCN2CC(O)C2)c1=O. The van der Waals surface area contributed by atoms with Gasteiger partial charge in [-0.15, -0.1) is 0 Å². The van der Waals surface area contributed by atoms with Crippen molar-refractivity contribution in [1.29, 1.82) is 0 Å². The number of aromatic nitrogens is 1. The summed E-state index contributed by atoms with van der Waals surface area (Å²) in [5.41, 5.74) is -1.14. The second-order valence-electron chi connectivity index (χ2n) is 4.82. The summed E-state index contributed by atoms with van der Waals surface area (Å²) in [5.74, 6) is 0. The third-order valence-corrected chi connectivity index (χ3v) is 3.19. The zero-order valence-corrected chi connectivity index (χ0v) is 10.4. The van der Waals surface area contributed by atoms with E-state index in [9.17, 15) is 18.0 Å². The summed E-state index contributed by atoms with van der Waals surface area (Å²) in [6.07, 6.45) is -3.96. The molecule has 1 aromatic heterocycles. The van der Waals surface area contributed by atoms with Gasteiger partial charge in [0.1, 0.15) is 0 Å². The Labute approximate surface area is 108 Å². The van der Waals surface area contributed by atoms with Gasteiger partial charge in [-0.2, -0.15) is 13.2 Å². The lowest BCUT2D eigenvalue weighted by atomic mass is 10.1. The number of β-amino-alcohol motifs (C(OH)–C–C–N with tert-alkyl or cyclic N) is 1. The molecule has 0 unspecified atom stereocenters. The molecule has 19 heavy (non-hydrogen) atoms. The van der Waals surface area contributed by atoms with E-state index in [2.05, 4.69) is 0 Å². The Morgan fingerprint density at radius 1 is 1.37 bits per heavy atom. The van der Waals surface area contributed by atoms with Crippen molar-refractivity contribution in [3.8, 4) is 0 Å². The number of hydrogen-bond donors (Lipinski definition) is 1. The molecule has 1 fully saturated rings. The minimum atomic E-state index is -4.45. The maximum atomic E-state index is 12.6. The van der Waals surface area contributed by atoms with Crippen LogP contribution in [0, 0.1) is 6.92 Å². The summed E-state index contributed by atoms with van der Waals surface area (Å²) in [7, 11) is 0. The van der Waals surface area contributed by atoms with E-state index in [1.807, 2.05) is 4.90 Å². The van der Waals surface area contributed by atoms with Gasteiger partial charge >= 0.3 is 6.18 Å². The molecule has 106 valence electrons. The fourth-order valence-corrected chi connectivity index (χ4v) is 2.08. The predicted octanol–water partition coefficient (Wildman–Crippen LogP) is 0.852. The molecular formula is C12H15F3N2O2. The first kappa shape index (κ1) is 14.1. The van der Waals surface area contributed by atoms with Crippen LogP contribution >= 0.6 is 0 Å². The Balaban J connectivity index is 2.15. The molecule has 0 saturated carbocycles. The largest absolute Gasteiger partial charge is 0.417 e. The van der Waals surface area contributed by atoms with E-state index < -0.39 is 17.3 Å². The molecule has 0 radical (unpaired) electrons. The number of halogens is 3. The van der Waals surface area contributed by atoms with E-state index in [-0.39, 0.29) is 18.2 Å². The molecule has 7 heteroatoms. The lowest BCUT2D eigenvalue weighted by Gasteiger charge is -2.35. The van der Waals surface area contributed by atoms with Gasteiger partial charge in [-0.05, 0) is 13.0 Å². The zero-order valence-electron chi connectivity index (χ0n) is 10.4.